The Labute approximate surface area is 220 Å². The lowest BCUT2D eigenvalue weighted by atomic mass is 9.75. The van der Waals surface area contributed by atoms with Crippen LogP contribution in [0.1, 0.15) is 54.1 Å². The van der Waals surface area contributed by atoms with Gasteiger partial charge in [-0.05, 0) is 100 Å². The molecule has 3 aliphatic rings. The van der Waals surface area contributed by atoms with E-state index in [1.165, 1.54) is 12.5 Å². The zero-order chi connectivity index (χ0) is 26.0. The minimum Gasteiger partial charge on any atom is -0.436 e. The number of hydrogen-bond acceptors (Lipinski definition) is 5. The molecule has 8 nitrogen and oxygen atoms in total. The van der Waals surface area contributed by atoms with Crippen molar-refractivity contribution in [3.8, 4) is 11.5 Å². The molecule has 1 saturated heterocycles. The van der Waals surface area contributed by atoms with E-state index in [1.807, 2.05) is 24.3 Å². The molecular formula is C30H31N5O3. The molecular weight excluding hydrogens is 478 g/mol. The number of oxazole rings is 1. The van der Waals surface area contributed by atoms with Gasteiger partial charge in [0.25, 0.3) is 5.91 Å². The van der Waals surface area contributed by atoms with Crippen LogP contribution in [-0.4, -0.2) is 52.9 Å². The summed E-state index contributed by atoms with van der Waals surface area (Å²) in [6.07, 6.45) is 6.67. The van der Waals surface area contributed by atoms with Gasteiger partial charge in [-0.3, -0.25) is 9.59 Å². The first-order valence-electron chi connectivity index (χ1n) is 13.5. The Kier molecular flexibility index (Phi) is 5.23. The number of aromatic nitrogens is 2. The third kappa shape index (κ3) is 3.58. The van der Waals surface area contributed by atoms with Crippen LogP contribution in [0.15, 0.2) is 53.5 Å². The summed E-state index contributed by atoms with van der Waals surface area (Å²) in [5.41, 5.74) is 5.62. The second-order valence-electron chi connectivity index (χ2n) is 11.1. The Morgan fingerprint density at radius 1 is 1.21 bits per heavy atom. The van der Waals surface area contributed by atoms with Crippen LogP contribution in [0.3, 0.4) is 0 Å². The third-order valence-electron chi connectivity index (χ3n) is 8.77. The van der Waals surface area contributed by atoms with Gasteiger partial charge in [-0.25, -0.2) is 4.98 Å². The van der Waals surface area contributed by atoms with Gasteiger partial charge in [0.1, 0.15) is 11.2 Å². The molecule has 4 aromatic rings. The van der Waals surface area contributed by atoms with E-state index in [0.29, 0.717) is 35.1 Å². The number of rotatable bonds is 4. The van der Waals surface area contributed by atoms with Crippen LogP contribution in [-0.2, 0) is 10.3 Å². The molecule has 194 valence electrons. The second-order valence-corrected chi connectivity index (χ2v) is 11.1. The topological polar surface area (TPSA) is 92.4 Å². The van der Waals surface area contributed by atoms with Crippen molar-refractivity contribution in [1.82, 2.24) is 19.8 Å². The number of amides is 2. The zero-order valence-electron chi connectivity index (χ0n) is 21.5. The van der Waals surface area contributed by atoms with Crippen LogP contribution in [0.25, 0.3) is 33.5 Å². The lowest BCUT2D eigenvalue weighted by molar-refractivity contribution is -0.111. The van der Waals surface area contributed by atoms with Crippen molar-refractivity contribution in [2.24, 2.45) is 0 Å². The summed E-state index contributed by atoms with van der Waals surface area (Å²) in [5.74, 6) is 0.597. The molecule has 7 rings (SSSR count). The molecule has 4 heterocycles. The zero-order valence-corrected chi connectivity index (χ0v) is 21.5. The van der Waals surface area contributed by atoms with Crippen molar-refractivity contribution in [1.29, 1.82) is 0 Å². The third-order valence-corrected chi connectivity index (χ3v) is 8.77. The highest BCUT2D eigenvalue weighted by Crippen LogP contribution is 2.45. The molecule has 2 N–H and O–H groups in total. The van der Waals surface area contributed by atoms with Crippen LogP contribution in [0.4, 0.5) is 5.69 Å². The van der Waals surface area contributed by atoms with E-state index in [2.05, 4.69) is 45.9 Å². The molecule has 0 atom stereocenters. The van der Waals surface area contributed by atoms with Crippen molar-refractivity contribution >= 4 is 39.5 Å². The van der Waals surface area contributed by atoms with Crippen LogP contribution >= 0.6 is 0 Å². The van der Waals surface area contributed by atoms with Gasteiger partial charge in [-0.1, -0.05) is 12.6 Å². The molecule has 2 aliphatic heterocycles. The minimum atomic E-state index is -0.276. The fourth-order valence-electron chi connectivity index (χ4n) is 6.44. The Hall–Kier alpha value is -3.91. The maximum absolute atomic E-state index is 12.7. The molecule has 2 aromatic carbocycles. The maximum Gasteiger partial charge on any atom is 0.268 e. The molecule has 8 heteroatoms. The van der Waals surface area contributed by atoms with E-state index in [9.17, 15) is 9.59 Å². The van der Waals surface area contributed by atoms with Gasteiger partial charge in [0.05, 0.1) is 16.7 Å². The van der Waals surface area contributed by atoms with Crippen LogP contribution in [0.2, 0.25) is 0 Å². The first-order chi connectivity index (χ1) is 18.4. The Bertz CT molecular complexity index is 1620. The summed E-state index contributed by atoms with van der Waals surface area (Å²) in [4.78, 5) is 32.1. The highest BCUT2D eigenvalue weighted by Gasteiger charge is 2.44. The molecule has 2 aromatic heterocycles. The number of carbonyl (C=O) groups excluding carboxylic acids is 2. The number of anilines is 1. The van der Waals surface area contributed by atoms with Gasteiger partial charge in [0, 0.05) is 17.5 Å². The van der Waals surface area contributed by atoms with Crippen molar-refractivity contribution in [3.63, 3.8) is 0 Å². The van der Waals surface area contributed by atoms with Crippen molar-refractivity contribution < 1.29 is 14.0 Å². The fraction of sp³-hybridized carbons (Fsp3) is 0.367. The normalized spacial score (nSPS) is 19.3. The Balaban J connectivity index is 1.34. The molecule has 0 radical (unpaired) electrons. The van der Waals surface area contributed by atoms with E-state index in [1.54, 1.807) is 0 Å². The van der Waals surface area contributed by atoms with Crippen molar-refractivity contribution in [3.05, 3.63) is 60.3 Å². The molecule has 0 bridgehead atoms. The molecule has 1 spiro atoms. The molecule has 1 saturated carbocycles. The monoisotopic (exact) mass is 509 g/mol. The van der Waals surface area contributed by atoms with Crippen molar-refractivity contribution in [2.75, 3.05) is 32.0 Å². The largest absolute Gasteiger partial charge is 0.436 e. The second kappa shape index (κ2) is 8.56. The number of benzene rings is 2. The van der Waals surface area contributed by atoms with E-state index in [0.717, 1.165) is 66.5 Å². The van der Waals surface area contributed by atoms with Gasteiger partial charge in [-0.15, -0.1) is 0 Å². The number of fused-ring (bicyclic) bond motifs is 5. The smallest absolute Gasteiger partial charge is 0.268 e. The predicted molar refractivity (Wildman–Crippen MR) is 147 cm³/mol. The lowest BCUT2D eigenvalue weighted by Gasteiger charge is -2.47. The number of piperidine rings is 1. The first-order valence-corrected chi connectivity index (χ1v) is 13.5. The average Bonchev–Trinajstić information content (AvgIpc) is 3.51. The molecule has 2 fully saturated rings. The first kappa shape index (κ1) is 23.2. The summed E-state index contributed by atoms with van der Waals surface area (Å²) in [6, 6.07) is 12.2. The minimum absolute atomic E-state index is 0.0221. The highest BCUT2D eigenvalue weighted by molar-refractivity contribution is 6.05. The van der Waals surface area contributed by atoms with E-state index in [-0.39, 0.29) is 17.4 Å². The molecule has 1 aliphatic carbocycles. The van der Waals surface area contributed by atoms with Crippen LogP contribution < -0.4 is 10.6 Å². The van der Waals surface area contributed by atoms with Gasteiger partial charge in [-0.2, -0.15) is 0 Å². The number of hydrogen-bond donors (Lipinski definition) is 2. The number of nitrogens with zero attached hydrogens (tertiary/aromatic N) is 3. The van der Waals surface area contributed by atoms with E-state index < -0.39 is 0 Å². The van der Waals surface area contributed by atoms with Crippen LogP contribution in [0.5, 0.6) is 0 Å². The fourth-order valence-corrected chi connectivity index (χ4v) is 6.44. The number of likely N-dealkylation sites (tertiary alicyclic amines) is 1. The van der Waals surface area contributed by atoms with Gasteiger partial charge >= 0.3 is 0 Å². The summed E-state index contributed by atoms with van der Waals surface area (Å²) in [7, 11) is 2.15. The van der Waals surface area contributed by atoms with Crippen LogP contribution in [0, 0.1) is 0 Å². The summed E-state index contributed by atoms with van der Waals surface area (Å²) >= 11 is 0. The summed E-state index contributed by atoms with van der Waals surface area (Å²) in [5, 5.41) is 7.06. The quantitative estimate of drug-likeness (QED) is 0.378. The Morgan fingerprint density at radius 2 is 2.03 bits per heavy atom. The summed E-state index contributed by atoms with van der Waals surface area (Å²) in [6.45, 7) is 6.36. The van der Waals surface area contributed by atoms with Crippen molar-refractivity contribution in [2.45, 2.75) is 43.6 Å². The van der Waals surface area contributed by atoms with E-state index >= 15 is 0 Å². The number of nitrogens with one attached hydrogen (secondary N) is 2. The van der Waals surface area contributed by atoms with Gasteiger partial charge < -0.3 is 24.5 Å². The average molecular weight is 510 g/mol. The molecule has 0 unspecified atom stereocenters. The standard InChI is InChI=1S/C30H31N5O3/c1-3-26(36)32-22-13-21(18-7-11-34(2)12-8-18)16-25-27(22)33-29(38-25)20-6-5-19-14-24-28(37)31-17-30(9-4-10-30)35(24)23(19)15-20/h3,5-6,13-16,18H,1,4,7-12,17H2,2H3,(H,31,37)(H,32,36). The molecule has 38 heavy (non-hydrogen) atoms. The predicted octanol–water partition coefficient (Wildman–Crippen LogP) is 5.01. The molecule has 2 amide bonds. The van der Waals surface area contributed by atoms with E-state index in [4.69, 9.17) is 9.40 Å². The highest BCUT2D eigenvalue weighted by atomic mass is 16.3. The Morgan fingerprint density at radius 3 is 2.76 bits per heavy atom. The SMILES string of the molecule is C=CC(=O)Nc1cc(C2CCN(C)CC2)cc2oc(-c3ccc4cc5n(c4c3)C3(CCC3)CNC5=O)nc12. The van der Waals surface area contributed by atoms with Gasteiger partial charge in [0.2, 0.25) is 11.8 Å². The maximum atomic E-state index is 12.7. The van der Waals surface area contributed by atoms with Gasteiger partial charge in [0.15, 0.2) is 5.58 Å². The summed E-state index contributed by atoms with van der Waals surface area (Å²) < 4.78 is 8.60. The lowest BCUT2D eigenvalue weighted by Crippen LogP contribution is -2.55. The number of carbonyl (C=O) groups is 2.